The maximum absolute atomic E-state index is 12.0. The molecule has 0 unspecified atom stereocenters. The molecule has 5 heteroatoms. The first kappa shape index (κ1) is 16.7. The van der Waals surface area contributed by atoms with Crippen LogP contribution in [0.2, 0.25) is 0 Å². The fourth-order valence-corrected chi connectivity index (χ4v) is 3.02. The Morgan fingerprint density at radius 3 is 2.33 bits per heavy atom. The molecule has 1 heterocycles. The number of anilines is 1. The van der Waals surface area contributed by atoms with Crippen molar-refractivity contribution in [2.24, 2.45) is 5.10 Å². The molecule has 3 rings (SSSR count). The molecule has 0 spiro atoms. The van der Waals surface area contributed by atoms with Gasteiger partial charge in [0, 0.05) is 28.8 Å². The van der Waals surface area contributed by atoms with E-state index in [-0.39, 0.29) is 5.91 Å². The SMILES string of the molecule is O=C(N/N=C\c1ccc(N2CCCCC2)cc1)c1ccc(Br)cc1. The standard InChI is InChI=1S/C19H20BrN3O/c20-17-8-6-16(7-9-17)19(24)22-21-14-15-4-10-18(11-5-15)23-12-2-1-3-13-23/h4-11,14H,1-3,12-13H2,(H,22,24)/b21-14-. The molecule has 0 radical (unpaired) electrons. The van der Waals surface area contributed by atoms with Gasteiger partial charge >= 0.3 is 0 Å². The fourth-order valence-electron chi connectivity index (χ4n) is 2.75. The second-order valence-electron chi connectivity index (χ2n) is 5.85. The highest BCUT2D eigenvalue weighted by molar-refractivity contribution is 9.10. The van der Waals surface area contributed by atoms with Gasteiger partial charge in [-0.25, -0.2) is 5.43 Å². The Labute approximate surface area is 150 Å². The highest BCUT2D eigenvalue weighted by atomic mass is 79.9. The molecule has 2 aromatic rings. The number of benzene rings is 2. The minimum Gasteiger partial charge on any atom is -0.372 e. The second kappa shape index (κ2) is 8.11. The third kappa shape index (κ3) is 4.45. The molecule has 1 amide bonds. The monoisotopic (exact) mass is 385 g/mol. The first-order valence-corrected chi connectivity index (χ1v) is 8.96. The number of rotatable bonds is 4. The molecule has 0 aliphatic carbocycles. The van der Waals surface area contributed by atoms with Gasteiger partial charge in [0.1, 0.15) is 0 Å². The largest absolute Gasteiger partial charge is 0.372 e. The van der Waals surface area contributed by atoms with E-state index < -0.39 is 0 Å². The Kier molecular flexibility index (Phi) is 5.64. The molecule has 4 nitrogen and oxygen atoms in total. The van der Waals surface area contributed by atoms with Crippen LogP contribution in [0.3, 0.4) is 0 Å². The number of nitrogens with zero attached hydrogens (tertiary/aromatic N) is 2. The lowest BCUT2D eigenvalue weighted by atomic mass is 10.1. The van der Waals surface area contributed by atoms with E-state index in [9.17, 15) is 4.79 Å². The minimum absolute atomic E-state index is 0.219. The van der Waals surface area contributed by atoms with Crippen molar-refractivity contribution in [1.29, 1.82) is 0 Å². The maximum Gasteiger partial charge on any atom is 0.271 e. The zero-order chi connectivity index (χ0) is 16.8. The van der Waals surface area contributed by atoms with E-state index in [1.54, 1.807) is 18.3 Å². The summed E-state index contributed by atoms with van der Waals surface area (Å²) in [5, 5.41) is 4.03. The van der Waals surface area contributed by atoms with Crippen molar-refractivity contribution >= 4 is 33.7 Å². The van der Waals surface area contributed by atoms with Crippen molar-refractivity contribution in [2.75, 3.05) is 18.0 Å². The van der Waals surface area contributed by atoms with Gasteiger partial charge in [-0.1, -0.05) is 28.1 Å². The van der Waals surface area contributed by atoms with Crippen LogP contribution in [-0.2, 0) is 0 Å². The van der Waals surface area contributed by atoms with Gasteiger partial charge in [0.05, 0.1) is 6.21 Å². The van der Waals surface area contributed by atoms with Crippen LogP contribution >= 0.6 is 15.9 Å². The first-order valence-electron chi connectivity index (χ1n) is 8.16. The number of piperidine rings is 1. The van der Waals surface area contributed by atoms with Gasteiger partial charge in [-0.2, -0.15) is 5.10 Å². The van der Waals surface area contributed by atoms with Gasteiger partial charge in [-0.05, 0) is 61.2 Å². The number of hydrogen-bond acceptors (Lipinski definition) is 3. The van der Waals surface area contributed by atoms with Crippen molar-refractivity contribution in [3.8, 4) is 0 Å². The van der Waals surface area contributed by atoms with E-state index in [1.165, 1.54) is 24.9 Å². The fraction of sp³-hybridized carbons (Fsp3) is 0.263. The van der Waals surface area contributed by atoms with Crippen molar-refractivity contribution in [1.82, 2.24) is 5.43 Å². The molecule has 0 saturated carbocycles. The van der Waals surface area contributed by atoms with Crippen LogP contribution in [0.5, 0.6) is 0 Å². The van der Waals surface area contributed by atoms with Crippen LogP contribution in [0.25, 0.3) is 0 Å². The lowest BCUT2D eigenvalue weighted by Crippen LogP contribution is -2.29. The van der Waals surface area contributed by atoms with Crippen molar-refractivity contribution in [3.63, 3.8) is 0 Å². The number of halogens is 1. The number of carbonyl (C=O) groups excluding carboxylic acids is 1. The maximum atomic E-state index is 12.0. The van der Waals surface area contributed by atoms with E-state index in [2.05, 4.69) is 43.5 Å². The average molecular weight is 386 g/mol. The van der Waals surface area contributed by atoms with Crippen LogP contribution in [-0.4, -0.2) is 25.2 Å². The van der Waals surface area contributed by atoms with Crippen molar-refractivity contribution < 1.29 is 4.79 Å². The Bertz CT molecular complexity index is 704. The molecule has 1 N–H and O–H groups in total. The van der Waals surface area contributed by atoms with E-state index in [0.29, 0.717) is 5.56 Å². The van der Waals surface area contributed by atoms with Crippen LogP contribution in [0.1, 0.15) is 35.2 Å². The third-order valence-electron chi connectivity index (χ3n) is 4.10. The van der Waals surface area contributed by atoms with Crippen molar-refractivity contribution in [3.05, 3.63) is 64.1 Å². The van der Waals surface area contributed by atoms with Gasteiger partial charge in [0.25, 0.3) is 5.91 Å². The number of nitrogens with one attached hydrogen (secondary N) is 1. The molecule has 0 bridgehead atoms. The van der Waals surface area contributed by atoms with Crippen molar-refractivity contribution in [2.45, 2.75) is 19.3 Å². The molecule has 2 aromatic carbocycles. The first-order chi connectivity index (χ1) is 11.7. The zero-order valence-electron chi connectivity index (χ0n) is 13.4. The summed E-state index contributed by atoms with van der Waals surface area (Å²) >= 11 is 3.35. The number of hydrogen-bond donors (Lipinski definition) is 1. The predicted octanol–water partition coefficient (Wildman–Crippen LogP) is 4.20. The van der Waals surface area contributed by atoms with Gasteiger partial charge < -0.3 is 4.90 Å². The summed E-state index contributed by atoms with van der Waals surface area (Å²) in [7, 11) is 0. The lowest BCUT2D eigenvalue weighted by Gasteiger charge is -2.28. The summed E-state index contributed by atoms with van der Waals surface area (Å²) in [6.45, 7) is 2.27. The van der Waals surface area contributed by atoms with Gasteiger partial charge in [0.15, 0.2) is 0 Å². The Hall–Kier alpha value is -2.14. The summed E-state index contributed by atoms with van der Waals surface area (Å²) in [4.78, 5) is 14.4. The third-order valence-corrected chi connectivity index (χ3v) is 4.63. The summed E-state index contributed by atoms with van der Waals surface area (Å²) in [6.07, 6.45) is 5.53. The Morgan fingerprint density at radius 1 is 1.00 bits per heavy atom. The van der Waals surface area contributed by atoms with Crippen LogP contribution < -0.4 is 10.3 Å². The minimum atomic E-state index is -0.219. The Morgan fingerprint density at radius 2 is 1.67 bits per heavy atom. The lowest BCUT2D eigenvalue weighted by molar-refractivity contribution is 0.0955. The number of hydrazone groups is 1. The Balaban J connectivity index is 1.56. The zero-order valence-corrected chi connectivity index (χ0v) is 15.0. The molecule has 0 atom stereocenters. The molecular formula is C19H20BrN3O. The highest BCUT2D eigenvalue weighted by Gasteiger charge is 2.10. The number of amides is 1. The van der Waals surface area contributed by atoms with Gasteiger partial charge in [0.2, 0.25) is 0 Å². The molecule has 0 aromatic heterocycles. The van der Waals surface area contributed by atoms with E-state index in [0.717, 1.165) is 23.1 Å². The van der Waals surface area contributed by atoms with E-state index in [1.807, 2.05) is 24.3 Å². The number of carbonyl (C=O) groups is 1. The summed E-state index contributed by atoms with van der Waals surface area (Å²) in [5.41, 5.74) is 5.35. The summed E-state index contributed by atoms with van der Waals surface area (Å²) in [5.74, 6) is -0.219. The quantitative estimate of drug-likeness (QED) is 0.632. The van der Waals surface area contributed by atoms with E-state index >= 15 is 0 Å². The van der Waals surface area contributed by atoms with Gasteiger partial charge in [-0.3, -0.25) is 4.79 Å². The molecule has 1 fully saturated rings. The molecule has 1 aliphatic heterocycles. The summed E-state index contributed by atoms with van der Waals surface area (Å²) in [6, 6.07) is 15.4. The molecular weight excluding hydrogens is 366 g/mol. The predicted molar refractivity (Wildman–Crippen MR) is 102 cm³/mol. The second-order valence-corrected chi connectivity index (χ2v) is 6.76. The average Bonchev–Trinajstić information content (AvgIpc) is 2.63. The van der Waals surface area contributed by atoms with Gasteiger partial charge in [-0.15, -0.1) is 0 Å². The van der Waals surface area contributed by atoms with Crippen LogP contribution in [0.15, 0.2) is 58.1 Å². The molecule has 1 saturated heterocycles. The van der Waals surface area contributed by atoms with Crippen LogP contribution in [0, 0.1) is 0 Å². The van der Waals surface area contributed by atoms with E-state index in [4.69, 9.17) is 0 Å². The van der Waals surface area contributed by atoms with Crippen LogP contribution in [0.4, 0.5) is 5.69 Å². The smallest absolute Gasteiger partial charge is 0.271 e. The topological polar surface area (TPSA) is 44.7 Å². The molecule has 1 aliphatic rings. The molecule has 24 heavy (non-hydrogen) atoms. The normalized spacial score (nSPS) is 14.8. The highest BCUT2D eigenvalue weighted by Crippen LogP contribution is 2.19. The summed E-state index contributed by atoms with van der Waals surface area (Å²) < 4.78 is 0.941. The molecule has 124 valence electrons.